The Balaban J connectivity index is 0.000000824. The number of halogens is 8. The van der Waals surface area contributed by atoms with Crippen molar-refractivity contribution in [2.45, 2.75) is 49.9 Å². The second kappa shape index (κ2) is 18.5. The van der Waals surface area contributed by atoms with Gasteiger partial charge in [0, 0.05) is 68.0 Å². The van der Waals surface area contributed by atoms with Gasteiger partial charge in [-0.1, -0.05) is 12.1 Å². The molecule has 0 aliphatic carbocycles. The maximum Gasteiger partial charge on any atom is 0.416 e. The number of carbonyl (C=O) groups excluding carboxylic acids is 1. The first-order valence-electron chi connectivity index (χ1n) is 13.7. The monoisotopic (exact) mass is 1040 g/mol. The number of benzene rings is 2. The average Bonchev–Trinajstić information content (AvgIpc) is 3.60. The van der Waals surface area contributed by atoms with Gasteiger partial charge in [0.05, 0.1) is 18.2 Å². The molecule has 16 heteroatoms. The van der Waals surface area contributed by atoms with E-state index in [9.17, 15) is 31.1 Å². The molecule has 2 fully saturated rings. The van der Waals surface area contributed by atoms with Crippen LogP contribution in [0.15, 0.2) is 47.2 Å². The van der Waals surface area contributed by atoms with Crippen molar-refractivity contribution in [1.82, 2.24) is 10.2 Å². The molecule has 5 nitrogen and oxygen atoms in total. The number of hydrogen-bond donors (Lipinski definition) is 1. The van der Waals surface area contributed by atoms with Crippen LogP contribution in [0.5, 0.6) is 0 Å². The standard InChI is InChI=1S/C16H16F3NO2S.C14H14F3NS.Ac.2BrH.H2O.H2/c1-22-15(21)20-6-4-10(5-7-20)13-9-23-14-8-11(16(17,18)19)2-3-12(13)14;15-14(16,17)10-1-2-11-12(8-19-13(11)7-10)9-3-5-18-6-4-9;;;;;/h2-3,8-10H,4-7H2,1H3;1-2,7-9,18H,3-6H2;;2*1H;1H2;1H. The molecule has 2 aromatic heterocycles. The van der Waals surface area contributed by atoms with E-state index in [1.165, 1.54) is 53.5 Å². The summed E-state index contributed by atoms with van der Waals surface area (Å²) in [5.41, 5.74) is 1.14. The minimum Gasteiger partial charge on any atom is -0.453 e. The molecule has 2 saturated heterocycles. The maximum absolute atomic E-state index is 12.8. The molecular formula is C30H36AcBr2F6N2O3S2. The van der Waals surface area contributed by atoms with Crippen LogP contribution < -0.4 is 5.32 Å². The molecule has 0 saturated carbocycles. The van der Waals surface area contributed by atoms with Gasteiger partial charge in [0.2, 0.25) is 0 Å². The van der Waals surface area contributed by atoms with Crippen molar-refractivity contribution in [3.63, 3.8) is 0 Å². The van der Waals surface area contributed by atoms with Crippen molar-refractivity contribution in [3.8, 4) is 0 Å². The second-order valence-electron chi connectivity index (χ2n) is 10.6. The second-order valence-corrected chi connectivity index (χ2v) is 12.4. The molecule has 2 aromatic carbocycles. The largest absolute Gasteiger partial charge is 0.453 e. The predicted molar refractivity (Wildman–Crippen MR) is 181 cm³/mol. The molecule has 0 atom stereocenters. The van der Waals surface area contributed by atoms with Gasteiger partial charge in [0.1, 0.15) is 0 Å². The first-order valence-corrected chi connectivity index (χ1v) is 15.4. The van der Waals surface area contributed by atoms with Gasteiger partial charge >= 0.3 is 18.4 Å². The topological polar surface area (TPSA) is 73.1 Å². The van der Waals surface area contributed by atoms with E-state index in [2.05, 4.69) is 5.32 Å². The molecule has 3 N–H and O–H groups in total. The van der Waals surface area contributed by atoms with Crippen molar-refractivity contribution < 1.29 is 86.8 Å². The van der Waals surface area contributed by atoms with Gasteiger partial charge in [0.15, 0.2) is 0 Å². The Morgan fingerprint density at radius 1 is 0.804 bits per heavy atom. The Morgan fingerprint density at radius 3 is 1.61 bits per heavy atom. The Morgan fingerprint density at radius 2 is 1.22 bits per heavy atom. The third kappa shape index (κ3) is 10.3. The van der Waals surface area contributed by atoms with Crippen LogP contribution in [0, 0.1) is 44.1 Å². The van der Waals surface area contributed by atoms with Crippen molar-refractivity contribution in [2.75, 3.05) is 33.3 Å². The number of ether oxygens (including phenoxy) is 1. The van der Waals surface area contributed by atoms with Gasteiger partial charge in [-0.2, -0.15) is 26.3 Å². The fraction of sp³-hybridized carbons (Fsp3) is 0.433. The fourth-order valence-corrected chi connectivity index (χ4v) is 7.88. The van der Waals surface area contributed by atoms with Crippen LogP contribution in [0.25, 0.3) is 20.2 Å². The number of thiophene rings is 2. The van der Waals surface area contributed by atoms with E-state index in [1.54, 1.807) is 17.0 Å². The third-order valence-corrected chi connectivity index (χ3v) is 9.94. The third-order valence-electron chi connectivity index (χ3n) is 8.01. The molecule has 2 aliphatic heterocycles. The van der Waals surface area contributed by atoms with Gasteiger partial charge < -0.3 is 20.4 Å². The zero-order valence-electron chi connectivity index (χ0n) is 24.7. The van der Waals surface area contributed by atoms with E-state index in [0.29, 0.717) is 23.7 Å². The number of methoxy groups -OCH3 is 1. The van der Waals surface area contributed by atoms with Crippen molar-refractivity contribution in [3.05, 3.63) is 69.4 Å². The molecule has 46 heavy (non-hydrogen) atoms. The molecule has 4 heterocycles. The molecular weight excluding hydrogens is 1000 g/mol. The van der Waals surface area contributed by atoms with Crippen LogP contribution in [0.3, 0.4) is 0 Å². The SMILES string of the molecule is Br.Br.COC(=O)N1CCC(c2csc3cc(C(F)(F)F)ccc23)CC1.FC(F)(F)c1ccc2c(C3CCNCC3)csc2c1.O.[Ac].[HH]. The fourth-order valence-electron chi connectivity index (χ4n) is 5.72. The molecule has 0 bridgehead atoms. The molecule has 4 aromatic rings. The number of fused-ring (bicyclic) bond motifs is 2. The summed E-state index contributed by atoms with van der Waals surface area (Å²) in [6, 6.07) is 8.02. The van der Waals surface area contributed by atoms with Gasteiger partial charge in [-0.3, -0.25) is 0 Å². The van der Waals surface area contributed by atoms with Crippen LogP contribution >= 0.6 is 56.6 Å². The Bertz CT molecular complexity index is 1560. The Hall–Kier alpha value is -0.468. The summed E-state index contributed by atoms with van der Waals surface area (Å²) in [7, 11) is 1.36. The summed E-state index contributed by atoms with van der Waals surface area (Å²) < 4.78 is 82.5. The van der Waals surface area contributed by atoms with Gasteiger partial charge in [-0.25, -0.2) is 4.79 Å². The first-order chi connectivity index (χ1) is 20.0. The van der Waals surface area contributed by atoms with Crippen LogP contribution in [0.4, 0.5) is 31.1 Å². The number of alkyl halides is 6. The zero-order chi connectivity index (χ0) is 30.1. The first kappa shape index (κ1) is 43.6. The van der Waals surface area contributed by atoms with Crippen LogP contribution in [-0.2, 0) is 17.1 Å². The number of nitrogens with zero attached hydrogens (tertiary/aromatic N) is 1. The Labute approximate surface area is 329 Å². The molecule has 1 amide bonds. The summed E-state index contributed by atoms with van der Waals surface area (Å²) in [5, 5.41) is 9.16. The van der Waals surface area contributed by atoms with Crippen LogP contribution in [-0.4, -0.2) is 49.8 Å². The van der Waals surface area contributed by atoms with E-state index < -0.39 is 23.5 Å². The van der Waals surface area contributed by atoms with Gasteiger partial charge in [-0.05, 0) is 108 Å². The van der Waals surface area contributed by atoms with Gasteiger partial charge in [0.25, 0.3) is 0 Å². The number of piperidine rings is 2. The van der Waals surface area contributed by atoms with Gasteiger partial charge in [-0.15, -0.1) is 56.6 Å². The molecule has 2 aliphatic rings. The smallest absolute Gasteiger partial charge is 0.416 e. The average molecular weight is 1040 g/mol. The molecule has 0 spiro atoms. The molecule has 255 valence electrons. The number of amides is 1. The van der Waals surface area contributed by atoms with E-state index in [-0.39, 0.29) is 96.9 Å². The molecule has 1 radical (unpaired) electrons. The summed E-state index contributed by atoms with van der Waals surface area (Å²) in [6.45, 7) is 3.19. The zero-order valence-corrected chi connectivity index (χ0v) is 34.5. The number of hydrogen-bond acceptors (Lipinski definition) is 5. The summed E-state index contributed by atoms with van der Waals surface area (Å²) in [5.74, 6) is 0.744. The van der Waals surface area contributed by atoms with Crippen LogP contribution in [0.2, 0.25) is 0 Å². The van der Waals surface area contributed by atoms with E-state index >= 15 is 0 Å². The van der Waals surface area contributed by atoms with Crippen molar-refractivity contribution in [2.24, 2.45) is 0 Å². The van der Waals surface area contributed by atoms with Crippen molar-refractivity contribution in [1.29, 1.82) is 0 Å². The normalized spacial score (nSPS) is 15.8. The minimum absolute atomic E-state index is 0. The van der Waals surface area contributed by atoms with Crippen LogP contribution in [0.1, 0.15) is 61.2 Å². The van der Waals surface area contributed by atoms with E-state index in [1.807, 2.05) is 10.8 Å². The summed E-state index contributed by atoms with van der Waals surface area (Å²) in [6.07, 6.45) is -5.19. The van der Waals surface area contributed by atoms with Crippen molar-refractivity contribution >= 4 is 82.9 Å². The number of nitrogens with one attached hydrogen (secondary N) is 1. The van der Waals surface area contributed by atoms with E-state index in [4.69, 9.17) is 4.74 Å². The predicted octanol–water partition coefficient (Wildman–Crippen LogP) is 9.83. The quantitative estimate of drug-likeness (QED) is 0.204. The number of likely N-dealkylation sites (tertiary alicyclic amines) is 1. The Kier molecular flexibility index (Phi) is 17.5. The number of rotatable bonds is 2. The van der Waals surface area contributed by atoms with E-state index in [0.717, 1.165) is 65.9 Å². The summed E-state index contributed by atoms with van der Waals surface area (Å²) in [4.78, 5) is 13.2. The number of carbonyl (C=O) groups is 1. The molecule has 0 unspecified atom stereocenters. The maximum atomic E-state index is 12.8. The molecule has 6 rings (SSSR count). The minimum atomic E-state index is -4.32. The summed E-state index contributed by atoms with van der Waals surface area (Å²) >= 11 is 2.76.